The van der Waals surface area contributed by atoms with Crippen molar-refractivity contribution in [2.75, 3.05) is 20.3 Å². The quantitative estimate of drug-likeness (QED) is 0.646. The lowest BCUT2D eigenvalue weighted by molar-refractivity contribution is -0.123. The number of hydrazine groups is 1. The number of hydrogen-bond donors (Lipinski definition) is 2. The molecule has 0 spiro atoms. The van der Waals surface area contributed by atoms with Crippen molar-refractivity contribution in [1.82, 2.24) is 10.9 Å². The molecule has 0 atom stereocenters. The first-order valence-corrected chi connectivity index (χ1v) is 8.71. The molecule has 144 valence electrons. The second-order valence-electron chi connectivity index (χ2n) is 5.16. The van der Waals surface area contributed by atoms with Gasteiger partial charge in [-0.1, -0.05) is 0 Å². The Hall–Kier alpha value is -2.81. The molecule has 2 amide bonds. The molecule has 9 heteroatoms. The molecule has 0 aliphatic heterocycles. The second-order valence-corrected chi connectivity index (χ2v) is 6.02. The first kappa shape index (κ1) is 20.5. The van der Waals surface area contributed by atoms with Crippen molar-refractivity contribution in [3.63, 3.8) is 0 Å². The molecule has 0 aromatic heterocycles. The van der Waals surface area contributed by atoms with E-state index in [4.69, 9.17) is 14.2 Å². The predicted octanol–water partition coefficient (Wildman–Crippen LogP) is 2.84. The van der Waals surface area contributed by atoms with Gasteiger partial charge in [0.1, 0.15) is 11.6 Å². The molecular formula is C18H18BrFN2O5. The lowest BCUT2D eigenvalue weighted by atomic mass is 10.2. The van der Waals surface area contributed by atoms with E-state index in [2.05, 4.69) is 26.8 Å². The van der Waals surface area contributed by atoms with Crippen molar-refractivity contribution in [2.45, 2.75) is 6.92 Å². The molecule has 2 rings (SSSR count). The minimum absolute atomic E-state index is 0.276. The molecule has 7 nitrogen and oxygen atoms in total. The van der Waals surface area contributed by atoms with Crippen LogP contribution in [0, 0.1) is 5.82 Å². The van der Waals surface area contributed by atoms with Crippen LogP contribution in [0.1, 0.15) is 17.3 Å². The maximum absolute atomic E-state index is 13.0. The second kappa shape index (κ2) is 9.77. The SMILES string of the molecule is CCOc1ccc(C(=O)NNC(=O)COc2ccc(F)cc2Br)cc1OC. The van der Waals surface area contributed by atoms with Crippen LogP contribution in [0.25, 0.3) is 0 Å². The van der Waals surface area contributed by atoms with Crippen molar-refractivity contribution in [2.24, 2.45) is 0 Å². The summed E-state index contributed by atoms with van der Waals surface area (Å²) in [6.45, 7) is 1.93. The van der Waals surface area contributed by atoms with E-state index in [9.17, 15) is 14.0 Å². The molecule has 2 N–H and O–H groups in total. The summed E-state index contributed by atoms with van der Waals surface area (Å²) < 4.78 is 29.2. The van der Waals surface area contributed by atoms with Gasteiger partial charge in [-0.05, 0) is 59.3 Å². The number of benzene rings is 2. The van der Waals surface area contributed by atoms with Crippen LogP contribution >= 0.6 is 15.9 Å². The lowest BCUT2D eigenvalue weighted by Gasteiger charge is -2.12. The van der Waals surface area contributed by atoms with Gasteiger partial charge in [-0.3, -0.25) is 20.4 Å². The zero-order valence-corrected chi connectivity index (χ0v) is 16.3. The number of ether oxygens (including phenoxy) is 3. The number of amides is 2. The normalized spacial score (nSPS) is 10.1. The van der Waals surface area contributed by atoms with Crippen LogP contribution < -0.4 is 25.1 Å². The Balaban J connectivity index is 1.88. The molecule has 0 aliphatic carbocycles. The average molecular weight is 441 g/mol. The Bertz CT molecular complexity index is 831. The summed E-state index contributed by atoms with van der Waals surface area (Å²) >= 11 is 3.13. The first-order chi connectivity index (χ1) is 12.9. The molecule has 2 aromatic rings. The van der Waals surface area contributed by atoms with Crippen molar-refractivity contribution >= 4 is 27.7 Å². The van der Waals surface area contributed by atoms with Gasteiger partial charge in [-0.15, -0.1) is 0 Å². The summed E-state index contributed by atoms with van der Waals surface area (Å²) in [5.41, 5.74) is 4.79. The van der Waals surface area contributed by atoms with E-state index >= 15 is 0 Å². The van der Waals surface area contributed by atoms with Crippen LogP contribution in [0.4, 0.5) is 4.39 Å². The van der Waals surface area contributed by atoms with Gasteiger partial charge in [0.2, 0.25) is 0 Å². The van der Waals surface area contributed by atoms with Crippen LogP contribution in [-0.4, -0.2) is 32.1 Å². The molecule has 0 aliphatic rings. The lowest BCUT2D eigenvalue weighted by Crippen LogP contribution is -2.43. The van der Waals surface area contributed by atoms with E-state index in [1.54, 1.807) is 12.1 Å². The standard InChI is InChI=1S/C18H18BrFN2O5/c1-3-26-15-6-4-11(8-16(15)25-2)18(24)22-21-17(23)10-27-14-7-5-12(20)9-13(14)19/h4-9H,3,10H2,1-2H3,(H,21,23)(H,22,24). The third kappa shape index (κ3) is 5.85. The highest BCUT2D eigenvalue weighted by molar-refractivity contribution is 9.10. The Morgan fingerprint density at radius 3 is 2.44 bits per heavy atom. The first-order valence-electron chi connectivity index (χ1n) is 7.92. The number of carbonyl (C=O) groups is 2. The van der Waals surface area contributed by atoms with Crippen LogP contribution in [-0.2, 0) is 4.79 Å². The Morgan fingerprint density at radius 1 is 1.04 bits per heavy atom. The van der Waals surface area contributed by atoms with E-state index in [1.807, 2.05) is 6.92 Å². The molecular weight excluding hydrogens is 423 g/mol. The summed E-state index contributed by atoms with van der Waals surface area (Å²) in [5, 5.41) is 0. The van der Waals surface area contributed by atoms with Crippen LogP contribution in [0.5, 0.6) is 17.2 Å². The molecule has 27 heavy (non-hydrogen) atoms. The maximum atomic E-state index is 13.0. The van der Waals surface area contributed by atoms with E-state index < -0.39 is 17.6 Å². The van der Waals surface area contributed by atoms with Gasteiger partial charge in [0.05, 0.1) is 18.2 Å². The third-order valence-electron chi connectivity index (χ3n) is 3.29. The molecule has 0 unspecified atom stereocenters. The predicted molar refractivity (Wildman–Crippen MR) is 99.4 cm³/mol. The maximum Gasteiger partial charge on any atom is 0.276 e. The van der Waals surface area contributed by atoms with E-state index in [0.717, 1.165) is 0 Å². The largest absolute Gasteiger partial charge is 0.493 e. The zero-order chi connectivity index (χ0) is 19.8. The minimum Gasteiger partial charge on any atom is -0.493 e. The number of methoxy groups -OCH3 is 1. The molecule has 0 fully saturated rings. The van der Waals surface area contributed by atoms with E-state index in [0.29, 0.717) is 28.3 Å². The molecule has 0 bridgehead atoms. The average Bonchev–Trinajstić information content (AvgIpc) is 2.66. The van der Waals surface area contributed by atoms with Gasteiger partial charge in [0.25, 0.3) is 11.8 Å². The van der Waals surface area contributed by atoms with Gasteiger partial charge >= 0.3 is 0 Å². The van der Waals surface area contributed by atoms with Crippen molar-refractivity contribution in [3.8, 4) is 17.2 Å². The monoisotopic (exact) mass is 440 g/mol. The van der Waals surface area contributed by atoms with Crippen LogP contribution in [0.2, 0.25) is 0 Å². The number of nitrogens with one attached hydrogen (secondary N) is 2. The number of halogens is 2. The van der Waals surface area contributed by atoms with Gasteiger partial charge in [-0.2, -0.15) is 0 Å². The van der Waals surface area contributed by atoms with E-state index in [-0.39, 0.29) is 12.2 Å². The van der Waals surface area contributed by atoms with Crippen molar-refractivity contribution < 1.29 is 28.2 Å². The highest BCUT2D eigenvalue weighted by Gasteiger charge is 2.12. The van der Waals surface area contributed by atoms with Gasteiger partial charge in [0, 0.05) is 5.56 Å². The summed E-state index contributed by atoms with van der Waals surface area (Å²) in [7, 11) is 1.46. The van der Waals surface area contributed by atoms with Crippen molar-refractivity contribution in [3.05, 3.63) is 52.3 Å². The Kier molecular flexibility index (Phi) is 7.42. The highest BCUT2D eigenvalue weighted by Crippen LogP contribution is 2.28. The third-order valence-corrected chi connectivity index (χ3v) is 3.91. The van der Waals surface area contributed by atoms with Gasteiger partial charge in [0.15, 0.2) is 18.1 Å². The minimum atomic E-state index is -0.586. The summed E-state index contributed by atoms with van der Waals surface area (Å²) in [5.74, 6) is -0.338. The molecule has 2 aromatic carbocycles. The number of hydrogen-bond acceptors (Lipinski definition) is 5. The van der Waals surface area contributed by atoms with Gasteiger partial charge in [-0.25, -0.2) is 4.39 Å². The topological polar surface area (TPSA) is 85.9 Å². The zero-order valence-electron chi connectivity index (χ0n) is 14.7. The smallest absolute Gasteiger partial charge is 0.276 e. The molecule has 0 heterocycles. The fourth-order valence-corrected chi connectivity index (χ4v) is 2.52. The summed E-state index contributed by atoms with van der Waals surface area (Å²) in [6, 6.07) is 8.46. The fraction of sp³-hybridized carbons (Fsp3) is 0.222. The Morgan fingerprint density at radius 2 is 1.78 bits per heavy atom. The van der Waals surface area contributed by atoms with Crippen LogP contribution in [0.3, 0.4) is 0 Å². The summed E-state index contributed by atoms with van der Waals surface area (Å²) in [4.78, 5) is 23.9. The highest BCUT2D eigenvalue weighted by atomic mass is 79.9. The summed E-state index contributed by atoms with van der Waals surface area (Å²) in [6.07, 6.45) is 0. The Labute approximate surface area is 163 Å². The molecule has 0 radical (unpaired) electrons. The fourth-order valence-electron chi connectivity index (χ4n) is 2.05. The van der Waals surface area contributed by atoms with Gasteiger partial charge < -0.3 is 14.2 Å². The molecule has 0 saturated carbocycles. The van der Waals surface area contributed by atoms with E-state index in [1.165, 1.54) is 31.4 Å². The molecule has 0 saturated heterocycles. The number of rotatable bonds is 7. The van der Waals surface area contributed by atoms with Crippen molar-refractivity contribution in [1.29, 1.82) is 0 Å². The number of carbonyl (C=O) groups excluding carboxylic acids is 2. The van der Waals surface area contributed by atoms with Crippen LogP contribution in [0.15, 0.2) is 40.9 Å².